The average Bonchev–Trinajstić information content (AvgIpc) is 3.11. The van der Waals surface area contributed by atoms with Crippen molar-refractivity contribution in [1.29, 1.82) is 0 Å². The largest absolute Gasteiger partial charge is 0.497 e. The molecule has 0 amide bonds. The van der Waals surface area contributed by atoms with Gasteiger partial charge < -0.3 is 19.4 Å². The normalized spacial score (nSPS) is 11.6. The highest BCUT2D eigenvalue weighted by atomic mass is 16.5. The average molecular weight is 467 g/mol. The number of rotatable bonds is 10. The Kier molecular flexibility index (Phi) is 10.4. The minimum absolute atomic E-state index is 0.0952. The SMILES string of the molecule is CNO.COc1cccc(CCc2nc3cc(/C=C/C=O)ccc3n2CC(C)(C)CN(C)C)c1. The minimum Gasteiger partial charge on any atom is -0.497 e. The number of aromatic nitrogens is 2. The van der Waals surface area contributed by atoms with Crippen LogP contribution in [0.4, 0.5) is 0 Å². The first kappa shape index (κ1) is 27.2. The molecule has 3 rings (SSSR count). The molecule has 0 aliphatic heterocycles. The van der Waals surface area contributed by atoms with Crippen LogP contribution in [0.3, 0.4) is 0 Å². The Morgan fingerprint density at radius 1 is 1.18 bits per heavy atom. The lowest BCUT2D eigenvalue weighted by Crippen LogP contribution is -2.32. The molecule has 0 bridgehead atoms. The van der Waals surface area contributed by atoms with Crippen LogP contribution in [0, 0.1) is 5.41 Å². The molecule has 0 spiro atoms. The van der Waals surface area contributed by atoms with Crippen LogP contribution in [0.25, 0.3) is 17.1 Å². The van der Waals surface area contributed by atoms with Gasteiger partial charge in [-0.25, -0.2) is 10.5 Å². The van der Waals surface area contributed by atoms with E-state index in [1.54, 1.807) is 12.6 Å². The number of hydrogen-bond acceptors (Lipinski definition) is 6. The second kappa shape index (κ2) is 13.0. The summed E-state index contributed by atoms with van der Waals surface area (Å²) in [6, 6.07) is 14.4. The third kappa shape index (κ3) is 8.09. The van der Waals surface area contributed by atoms with E-state index in [1.165, 1.54) is 18.7 Å². The minimum atomic E-state index is 0.0952. The molecule has 2 aromatic carbocycles. The zero-order valence-corrected chi connectivity index (χ0v) is 21.2. The molecule has 0 saturated heterocycles. The van der Waals surface area contributed by atoms with Gasteiger partial charge in [0, 0.05) is 26.6 Å². The van der Waals surface area contributed by atoms with E-state index in [9.17, 15) is 4.79 Å². The van der Waals surface area contributed by atoms with Gasteiger partial charge in [0.05, 0.1) is 18.1 Å². The number of benzene rings is 2. The van der Waals surface area contributed by atoms with Gasteiger partial charge in [-0.1, -0.05) is 38.1 Å². The topological polar surface area (TPSA) is 79.6 Å². The summed E-state index contributed by atoms with van der Waals surface area (Å²) >= 11 is 0. The Hall–Kier alpha value is -3.00. The van der Waals surface area contributed by atoms with Crippen molar-refractivity contribution >= 4 is 23.4 Å². The van der Waals surface area contributed by atoms with Gasteiger partial charge in [0.15, 0.2) is 0 Å². The Balaban J connectivity index is 0.00000129. The number of fused-ring (bicyclic) bond motifs is 1. The van der Waals surface area contributed by atoms with E-state index in [2.05, 4.69) is 61.7 Å². The highest BCUT2D eigenvalue weighted by Crippen LogP contribution is 2.26. The number of aldehydes is 1. The molecule has 7 heteroatoms. The lowest BCUT2D eigenvalue weighted by atomic mass is 9.92. The molecule has 1 aromatic heterocycles. The first-order chi connectivity index (χ1) is 16.2. The molecular formula is C27H38N4O3. The molecule has 1 heterocycles. The maximum atomic E-state index is 10.7. The van der Waals surface area contributed by atoms with Crippen molar-refractivity contribution in [2.75, 3.05) is 34.8 Å². The van der Waals surface area contributed by atoms with Crippen molar-refractivity contribution in [2.24, 2.45) is 5.41 Å². The van der Waals surface area contributed by atoms with Gasteiger partial charge in [-0.15, -0.1) is 0 Å². The lowest BCUT2D eigenvalue weighted by molar-refractivity contribution is -0.104. The van der Waals surface area contributed by atoms with E-state index in [0.717, 1.165) is 60.4 Å². The fraction of sp³-hybridized carbons (Fsp3) is 0.407. The number of methoxy groups -OCH3 is 1. The molecule has 0 aliphatic carbocycles. The van der Waals surface area contributed by atoms with E-state index in [4.69, 9.17) is 14.9 Å². The van der Waals surface area contributed by atoms with E-state index in [1.807, 2.05) is 24.3 Å². The number of ether oxygens (including phenoxy) is 1. The molecule has 0 radical (unpaired) electrons. The van der Waals surface area contributed by atoms with Gasteiger partial charge in [0.2, 0.25) is 0 Å². The molecule has 34 heavy (non-hydrogen) atoms. The predicted molar refractivity (Wildman–Crippen MR) is 138 cm³/mol. The summed E-state index contributed by atoms with van der Waals surface area (Å²) in [6.07, 6.45) is 5.87. The summed E-state index contributed by atoms with van der Waals surface area (Å²) in [5.41, 5.74) is 6.17. The summed E-state index contributed by atoms with van der Waals surface area (Å²) in [6.45, 7) is 6.47. The van der Waals surface area contributed by atoms with Crippen LogP contribution in [0.15, 0.2) is 48.5 Å². The van der Waals surface area contributed by atoms with Crippen LogP contribution in [-0.4, -0.2) is 60.7 Å². The van der Waals surface area contributed by atoms with Gasteiger partial charge in [0.25, 0.3) is 0 Å². The van der Waals surface area contributed by atoms with Crippen LogP contribution >= 0.6 is 0 Å². The number of allylic oxidation sites excluding steroid dienone is 1. The summed E-state index contributed by atoms with van der Waals surface area (Å²) in [7, 11) is 7.36. The quantitative estimate of drug-likeness (QED) is 0.265. The van der Waals surface area contributed by atoms with Crippen LogP contribution in [0.2, 0.25) is 0 Å². The second-order valence-corrected chi connectivity index (χ2v) is 9.33. The number of hydroxylamine groups is 1. The van der Waals surface area contributed by atoms with Crippen molar-refractivity contribution in [3.8, 4) is 5.75 Å². The Bertz CT molecular complexity index is 1090. The molecule has 0 saturated carbocycles. The zero-order valence-electron chi connectivity index (χ0n) is 21.2. The number of carbonyl (C=O) groups excluding carboxylic acids is 1. The summed E-state index contributed by atoms with van der Waals surface area (Å²) < 4.78 is 7.74. The third-order valence-electron chi connectivity index (χ3n) is 5.32. The number of nitrogens with zero attached hydrogens (tertiary/aromatic N) is 3. The fourth-order valence-corrected chi connectivity index (χ4v) is 4.24. The van der Waals surface area contributed by atoms with Crippen LogP contribution < -0.4 is 10.2 Å². The van der Waals surface area contributed by atoms with E-state index in [0.29, 0.717) is 0 Å². The van der Waals surface area contributed by atoms with Crippen LogP contribution in [0.5, 0.6) is 5.75 Å². The third-order valence-corrected chi connectivity index (χ3v) is 5.32. The van der Waals surface area contributed by atoms with Crippen molar-refractivity contribution in [1.82, 2.24) is 19.9 Å². The first-order valence-corrected chi connectivity index (χ1v) is 11.4. The number of aryl methyl sites for hydroxylation is 2. The summed E-state index contributed by atoms with van der Waals surface area (Å²) in [5.74, 6) is 1.96. The molecule has 0 unspecified atom stereocenters. The Morgan fingerprint density at radius 3 is 2.56 bits per heavy atom. The van der Waals surface area contributed by atoms with E-state index in [-0.39, 0.29) is 5.41 Å². The molecule has 3 aromatic rings. The van der Waals surface area contributed by atoms with E-state index < -0.39 is 0 Å². The zero-order chi connectivity index (χ0) is 25.1. The summed E-state index contributed by atoms with van der Waals surface area (Å²) in [4.78, 5) is 17.9. The molecule has 0 atom stereocenters. The molecule has 2 N–H and O–H groups in total. The van der Waals surface area contributed by atoms with Gasteiger partial charge in [-0.3, -0.25) is 4.79 Å². The standard InChI is InChI=1S/C26H33N3O2.CH5NO/c1-26(2,18-28(3)4)19-29-24-13-11-21(9-7-15-30)17-23(24)27-25(29)14-12-20-8-6-10-22(16-20)31-5;1-2-3/h6-11,13,15-17H,12,14,18-19H2,1-5H3;2-3H,1H3/b9-7+;. The number of nitrogens with one attached hydrogen (secondary N) is 1. The van der Waals surface area contributed by atoms with Crippen LogP contribution in [-0.2, 0) is 24.2 Å². The van der Waals surface area contributed by atoms with Gasteiger partial charge >= 0.3 is 0 Å². The number of hydrogen-bond donors (Lipinski definition) is 2. The second-order valence-electron chi connectivity index (χ2n) is 9.33. The molecule has 0 aliphatic rings. The van der Waals surface area contributed by atoms with Gasteiger partial charge in [0.1, 0.15) is 17.9 Å². The smallest absolute Gasteiger partial charge is 0.142 e. The van der Waals surface area contributed by atoms with Crippen molar-refractivity contribution in [2.45, 2.75) is 33.2 Å². The highest BCUT2D eigenvalue weighted by Gasteiger charge is 2.23. The van der Waals surface area contributed by atoms with Crippen LogP contribution in [0.1, 0.15) is 30.8 Å². The molecular weight excluding hydrogens is 428 g/mol. The molecule has 184 valence electrons. The first-order valence-electron chi connectivity index (χ1n) is 11.4. The molecule has 0 fully saturated rings. The van der Waals surface area contributed by atoms with Gasteiger partial charge in [-0.05, 0) is 67.4 Å². The fourth-order valence-electron chi connectivity index (χ4n) is 4.24. The Labute approximate surface area is 203 Å². The lowest BCUT2D eigenvalue weighted by Gasteiger charge is -2.29. The monoisotopic (exact) mass is 466 g/mol. The van der Waals surface area contributed by atoms with Gasteiger partial charge in [-0.2, -0.15) is 0 Å². The summed E-state index contributed by atoms with van der Waals surface area (Å²) in [5, 5.41) is 7.32. The maximum absolute atomic E-state index is 10.7. The Morgan fingerprint density at radius 2 is 1.91 bits per heavy atom. The maximum Gasteiger partial charge on any atom is 0.142 e. The number of imidazole rings is 1. The van der Waals surface area contributed by atoms with Crippen molar-refractivity contribution in [3.05, 3.63) is 65.5 Å². The predicted octanol–water partition coefficient (Wildman–Crippen LogP) is 4.23. The highest BCUT2D eigenvalue weighted by molar-refractivity contribution is 5.81. The van der Waals surface area contributed by atoms with E-state index >= 15 is 0 Å². The van der Waals surface area contributed by atoms with Crippen molar-refractivity contribution in [3.63, 3.8) is 0 Å². The van der Waals surface area contributed by atoms with Crippen molar-refractivity contribution < 1.29 is 14.7 Å². The molecule has 7 nitrogen and oxygen atoms in total. The number of carbonyl (C=O) groups is 1.